The molecule has 3 aromatic rings. The number of fused-ring (bicyclic) bond motifs is 1. The highest BCUT2D eigenvalue weighted by Gasteiger charge is 2.25. The Kier molecular flexibility index (Phi) is 4.06. The lowest BCUT2D eigenvalue weighted by molar-refractivity contribution is -0.384. The minimum absolute atomic E-state index is 0.159. The number of aromatic hydroxyl groups is 1. The van der Waals surface area contributed by atoms with Gasteiger partial charge in [-0.15, -0.1) is 0 Å². The minimum atomic E-state index is -0.542. The van der Waals surface area contributed by atoms with E-state index in [9.17, 15) is 20.0 Å². The number of nitro benzene ring substituents is 1. The Balaban J connectivity index is 2.38. The van der Waals surface area contributed by atoms with Crippen molar-refractivity contribution >= 4 is 28.2 Å². The van der Waals surface area contributed by atoms with E-state index in [1.54, 1.807) is 7.05 Å². The van der Waals surface area contributed by atoms with Gasteiger partial charge in [-0.2, -0.15) is 0 Å². The molecule has 0 amide bonds. The molecule has 0 spiro atoms. The van der Waals surface area contributed by atoms with E-state index >= 15 is 0 Å². The molecular formula is C18H15N3O4. The molecule has 0 saturated heterocycles. The van der Waals surface area contributed by atoms with Crippen molar-refractivity contribution in [1.29, 1.82) is 0 Å². The molecule has 0 radical (unpaired) electrons. The van der Waals surface area contributed by atoms with E-state index in [0.29, 0.717) is 16.7 Å². The van der Waals surface area contributed by atoms with Gasteiger partial charge in [-0.1, -0.05) is 30.3 Å². The van der Waals surface area contributed by atoms with Gasteiger partial charge in [0, 0.05) is 37.1 Å². The summed E-state index contributed by atoms with van der Waals surface area (Å²) in [5.74, 6) is -0.731. The first-order valence-electron chi connectivity index (χ1n) is 7.51. The summed E-state index contributed by atoms with van der Waals surface area (Å²) in [5.41, 5.74) is 1.74. The smallest absolute Gasteiger partial charge is 0.271 e. The molecule has 7 nitrogen and oxygen atoms in total. The lowest BCUT2D eigenvalue weighted by atomic mass is 10.0. The van der Waals surface area contributed by atoms with E-state index in [1.807, 2.05) is 30.3 Å². The summed E-state index contributed by atoms with van der Waals surface area (Å²) in [6.45, 7) is 1.28. The van der Waals surface area contributed by atoms with Crippen molar-refractivity contribution < 1.29 is 14.8 Å². The normalized spacial score (nSPS) is 11.7. The summed E-state index contributed by atoms with van der Waals surface area (Å²) >= 11 is 0. The number of non-ortho nitro benzene ring substituents is 1. The van der Waals surface area contributed by atoms with Crippen LogP contribution < -0.4 is 0 Å². The first kappa shape index (κ1) is 16.4. The van der Waals surface area contributed by atoms with Crippen molar-refractivity contribution in [3.8, 4) is 5.88 Å². The van der Waals surface area contributed by atoms with E-state index in [4.69, 9.17) is 0 Å². The van der Waals surface area contributed by atoms with Gasteiger partial charge in [-0.3, -0.25) is 19.9 Å². The van der Waals surface area contributed by atoms with Crippen molar-refractivity contribution in [2.24, 2.45) is 4.99 Å². The standard InChI is InChI=1S/C18H15N3O4/c1-11(22)20-15-10-13(21(24)25)8-9-14(15)16(18(20)23)17(19-2)12-6-4-3-5-7-12/h3-10,23H,1-2H3. The van der Waals surface area contributed by atoms with Gasteiger partial charge in [-0.25, -0.2) is 4.57 Å². The van der Waals surface area contributed by atoms with Gasteiger partial charge in [0.2, 0.25) is 11.8 Å². The van der Waals surface area contributed by atoms with Crippen LogP contribution in [0.15, 0.2) is 53.5 Å². The third-order valence-corrected chi connectivity index (χ3v) is 3.96. The molecule has 0 bridgehead atoms. The maximum atomic E-state index is 12.0. The number of benzene rings is 2. The third-order valence-electron chi connectivity index (χ3n) is 3.96. The Labute approximate surface area is 143 Å². The number of carbonyl (C=O) groups excluding carboxylic acids is 1. The van der Waals surface area contributed by atoms with Crippen molar-refractivity contribution in [3.63, 3.8) is 0 Å². The lowest BCUT2D eigenvalue weighted by Crippen LogP contribution is -2.06. The van der Waals surface area contributed by atoms with Crippen molar-refractivity contribution in [2.75, 3.05) is 7.05 Å². The molecule has 0 fully saturated rings. The molecule has 0 aliphatic carbocycles. The van der Waals surface area contributed by atoms with E-state index in [2.05, 4.69) is 4.99 Å². The van der Waals surface area contributed by atoms with Gasteiger partial charge in [0.1, 0.15) is 0 Å². The molecular weight excluding hydrogens is 322 g/mol. The predicted octanol–water partition coefficient (Wildman–Crippen LogP) is 3.38. The summed E-state index contributed by atoms with van der Waals surface area (Å²) in [6, 6.07) is 13.4. The first-order valence-corrected chi connectivity index (χ1v) is 7.51. The second-order valence-corrected chi connectivity index (χ2v) is 5.45. The van der Waals surface area contributed by atoms with Crippen LogP contribution in [0.3, 0.4) is 0 Å². The molecule has 3 rings (SSSR count). The number of aliphatic imine (C=N–C) groups is 1. The van der Waals surface area contributed by atoms with Crippen LogP contribution in [0.5, 0.6) is 5.88 Å². The van der Waals surface area contributed by atoms with Crippen molar-refractivity contribution in [3.05, 3.63) is 69.8 Å². The van der Waals surface area contributed by atoms with Gasteiger partial charge < -0.3 is 5.11 Å². The summed E-state index contributed by atoms with van der Waals surface area (Å²) in [7, 11) is 1.59. The quantitative estimate of drug-likeness (QED) is 0.450. The number of nitro groups is 1. The van der Waals surface area contributed by atoms with Gasteiger partial charge in [-0.05, 0) is 6.07 Å². The highest BCUT2D eigenvalue weighted by molar-refractivity contribution is 6.22. The molecule has 25 heavy (non-hydrogen) atoms. The van der Waals surface area contributed by atoms with Gasteiger partial charge in [0.25, 0.3) is 5.69 Å². The number of hydrogen-bond acceptors (Lipinski definition) is 5. The molecule has 0 atom stereocenters. The van der Waals surface area contributed by atoms with Crippen LogP contribution in [0.4, 0.5) is 5.69 Å². The Morgan fingerprint density at radius 3 is 2.44 bits per heavy atom. The second kappa shape index (κ2) is 6.20. The predicted molar refractivity (Wildman–Crippen MR) is 94.6 cm³/mol. The van der Waals surface area contributed by atoms with E-state index in [-0.39, 0.29) is 17.1 Å². The Bertz CT molecular complexity index is 1020. The van der Waals surface area contributed by atoms with E-state index in [1.165, 1.54) is 25.1 Å². The molecule has 0 saturated carbocycles. The number of hydrogen-bond donors (Lipinski definition) is 1. The minimum Gasteiger partial charge on any atom is -0.494 e. The maximum absolute atomic E-state index is 12.0. The number of nitrogens with zero attached hydrogens (tertiary/aromatic N) is 3. The molecule has 1 heterocycles. The number of carbonyl (C=O) groups is 1. The number of rotatable bonds is 3. The van der Waals surface area contributed by atoms with Crippen LogP contribution in [-0.4, -0.2) is 33.3 Å². The second-order valence-electron chi connectivity index (χ2n) is 5.45. The summed E-state index contributed by atoms with van der Waals surface area (Å²) in [6.07, 6.45) is 0. The molecule has 0 aliphatic heterocycles. The SMILES string of the molecule is CN=C(c1ccccc1)c1c(O)n(C(C)=O)c2cc([N+](=O)[O-])ccc12. The van der Waals surface area contributed by atoms with Crippen LogP contribution in [-0.2, 0) is 0 Å². The highest BCUT2D eigenvalue weighted by Crippen LogP contribution is 2.35. The number of aromatic nitrogens is 1. The fourth-order valence-electron chi connectivity index (χ4n) is 2.91. The summed E-state index contributed by atoms with van der Waals surface area (Å²) < 4.78 is 1.06. The average molecular weight is 337 g/mol. The van der Waals surface area contributed by atoms with Crippen LogP contribution in [0.1, 0.15) is 22.8 Å². The zero-order valence-corrected chi connectivity index (χ0v) is 13.6. The molecule has 0 aliphatic rings. The Morgan fingerprint density at radius 2 is 1.88 bits per heavy atom. The van der Waals surface area contributed by atoms with Crippen molar-refractivity contribution in [1.82, 2.24) is 4.57 Å². The Morgan fingerprint density at radius 1 is 1.20 bits per heavy atom. The third kappa shape index (κ3) is 2.65. The topological polar surface area (TPSA) is 97.7 Å². The zero-order chi connectivity index (χ0) is 18.1. The molecule has 1 aromatic heterocycles. The molecule has 1 N–H and O–H groups in total. The molecule has 7 heteroatoms. The van der Waals surface area contributed by atoms with Crippen LogP contribution in [0, 0.1) is 10.1 Å². The largest absolute Gasteiger partial charge is 0.494 e. The van der Waals surface area contributed by atoms with Crippen LogP contribution in [0.25, 0.3) is 10.9 Å². The lowest BCUT2D eigenvalue weighted by Gasteiger charge is -2.06. The monoisotopic (exact) mass is 337 g/mol. The van der Waals surface area contributed by atoms with E-state index in [0.717, 1.165) is 10.1 Å². The van der Waals surface area contributed by atoms with Crippen LogP contribution >= 0.6 is 0 Å². The Hall–Kier alpha value is -3.48. The van der Waals surface area contributed by atoms with Gasteiger partial charge in [0.15, 0.2) is 0 Å². The summed E-state index contributed by atoms with van der Waals surface area (Å²) in [4.78, 5) is 26.8. The average Bonchev–Trinajstić information content (AvgIpc) is 2.88. The molecule has 2 aromatic carbocycles. The van der Waals surface area contributed by atoms with E-state index < -0.39 is 10.8 Å². The van der Waals surface area contributed by atoms with Crippen molar-refractivity contribution in [2.45, 2.75) is 6.92 Å². The zero-order valence-electron chi connectivity index (χ0n) is 13.6. The summed E-state index contributed by atoms with van der Waals surface area (Å²) in [5, 5.41) is 22.2. The fraction of sp³-hybridized carbons (Fsp3) is 0.111. The molecule has 0 unspecified atom stereocenters. The fourth-order valence-corrected chi connectivity index (χ4v) is 2.91. The maximum Gasteiger partial charge on any atom is 0.271 e. The molecule has 126 valence electrons. The van der Waals surface area contributed by atoms with Gasteiger partial charge >= 0.3 is 0 Å². The highest BCUT2D eigenvalue weighted by atomic mass is 16.6. The first-order chi connectivity index (χ1) is 12.0. The van der Waals surface area contributed by atoms with Crippen LogP contribution in [0.2, 0.25) is 0 Å². The van der Waals surface area contributed by atoms with Gasteiger partial charge in [0.05, 0.1) is 21.7 Å².